The molecule has 2 N–H and O–H groups in total. The molecule has 22 heavy (non-hydrogen) atoms. The smallest absolute Gasteiger partial charge is 0.250 e. The summed E-state index contributed by atoms with van der Waals surface area (Å²) in [5.74, 6) is -1.88. The predicted octanol–water partition coefficient (Wildman–Crippen LogP) is 2.86. The molecule has 1 aliphatic heterocycles. The van der Waals surface area contributed by atoms with Crippen LogP contribution in [-0.2, 0) is 6.54 Å². The normalized spacial score (nSPS) is 18.5. The zero-order chi connectivity index (χ0) is 15.6. The monoisotopic (exact) mass is 306 g/mol. The van der Waals surface area contributed by atoms with Crippen LogP contribution in [0.5, 0.6) is 0 Å². The van der Waals surface area contributed by atoms with Gasteiger partial charge in [0.15, 0.2) is 0 Å². The Morgan fingerprint density at radius 2 is 1.77 bits per heavy atom. The minimum atomic E-state index is -2.50. The van der Waals surface area contributed by atoms with Crippen molar-refractivity contribution in [2.75, 3.05) is 25.4 Å². The number of aromatic nitrogens is 2. The molecule has 1 aromatic heterocycles. The number of hydrogen-bond acceptors (Lipinski definition) is 3. The first-order valence-electron chi connectivity index (χ1n) is 7.52. The van der Waals surface area contributed by atoms with Gasteiger partial charge < -0.3 is 10.6 Å². The Hall–Kier alpha value is -1.95. The van der Waals surface area contributed by atoms with Crippen molar-refractivity contribution in [1.82, 2.24) is 14.7 Å². The number of piperidine rings is 1. The number of nitrogens with two attached hydrogens (primary N) is 1. The van der Waals surface area contributed by atoms with Gasteiger partial charge in [-0.25, -0.2) is 13.5 Å². The van der Waals surface area contributed by atoms with Crippen LogP contribution in [0.3, 0.4) is 0 Å². The Balaban J connectivity index is 1.61. The van der Waals surface area contributed by atoms with E-state index in [0.29, 0.717) is 32.0 Å². The van der Waals surface area contributed by atoms with E-state index in [0.717, 1.165) is 11.1 Å². The van der Waals surface area contributed by atoms with Crippen molar-refractivity contribution in [3.05, 3.63) is 36.5 Å². The standard InChI is InChI=1S/C16H20F2N4/c17-16(18)6-8-21(9-7-16)10-11-22-15(19)14(12-20-22)13-4-2-1-3-5-13/h1-5,12H,6-11,19H2. The van der Waals surface area contributed by atoms with Crippen molar-refractivity contribution in [2.24, 2.45) is 0 Å². The Labute approximate surface area is 128 Å². The van der Waals surface area contributed by atoms with E-state index in [4.69, 9.17) is 5.73 Å². The lowest BCUT2D eigenvalue weighted by molar-refractivity contribution is -0.0555. The maximum Gasteiger partial charge on any atom is 0.250 e. The van der Waals surface area contributed by atoms with Gasteiger partial charge in [-0.15, -0.1) is 0 Å². The molecule has 1 saturated heterocycles. The third-order valence-electron chi connectivity index (χ3n) is 4.18. The Bertz CT molecular complexity index is 614. The van der Waals surface area contributed by atoms with Crippen LogP contribution in [0.2, 0.25) is 0 Å². The van der Waals surface area contributed by atoms with Gasteiger partial charge in [0.25, 0.3) is 5.92 Å². The largest absolute Gasteiger partial charge is 0.383 e. The van der Waals surface area contributed by atoms with Crippen LogP contribution in [-0.4, -0.2) is 40.2 Å². The van der Waals surface area contributed by atoms with Gasteiger partial charge in [0.05, 0.1) is 12.7 Å². The van der Waals surface area contributed by atoms with Gasteiger partial charge in [-0.3, -0.25) is 0 Å². The van der Waals surface area contributed by atoms with E-state index in [1.807, 2.05) is 35.2 Å². The van der Waals surface area contributed by atoms with Crippen LogP contribution in [0, 0.1) is 0 Å². The van der Waals surface area contributed by atoms with Gasteiger partial charge in [-0.2, -0.15) is 5.10 Å². The van der Waals surface area contributed by atoms with Gasteiger partial charge in [0.2, 0.25) is 0 Å². The molecule has 1 fully saturated rings. The molecule has 2 aromatic rings. The van der Waals surface area contributed by atoms with Crippen molar-refractivity contribution in [3.63, 3.8) is 0 Å². The molecule has 118 valence electrons. The van der Waals surface area contributed by atoms with Crippen LogP contribution in [0.4, 0.5) is 14.6 Å². The summed E-state index contributed by atoms with van der Waals surface area (Å²) in [5.41, 5.74) is 8.10. The Kier molecular flexibility index (Phi) is 4.11. The second-order valence-corrected chi connectivity index (χ2v) is 5.73. The fraction of sp³-hybridized carbons (Fsp3) is 0.438. The molecule has 0 unspecified atom stereocenters. The molecule has 0 spiro atoms. The predicted molar refractivity (Wildman–Crippen MR) is 82.7 cm³/mol. The third kappa shape index (κ3) is 3.27. The molecular formula is C16H20F2N4. The fourth-order valence-electron chi connectivity index (χ4n) is 2.75. The van der Waals surface area contributed by atoms with Crippen molar-refractivity contribution >= 4 is 5.82 Å². The van der Waals surface area contributed by atoms with Crippen molar-refractivity contribution in [3.8, 4) is 11.1 Å². The van der Waals surface area contributed by atoms with Gasteiger partial charge in [0, 0.05) is 38.0 Å². The van der Waals surface area contributed by atoms with Gasteiger partial charge in [0.1, 0.15) is 5.82 Å². The highest BCUT2D eigenvalue weighted by Crippen LogP contribution is 2.28. The van der Waals surface area contributed by atoms with Crippen molar-refractivity contribution < 1.29 is 8.78 Å². The second kappa shape index (κ2) is 6.04. The van der Waals surface area contributed by atoms with Gasteiger partial charge >= 0.3 is 0 Å². The fourth-order valence-corrected chi connectivity index (χ4v) is 2.75. The SMILES string of the molecule is Nc1c(-c2ccccc2)cnn1CCN1CCC(F)(F)CC1. The molecule has 0 radical (unpaired) electrons. The number of halogens is 2. The lowest BCUT2D eigenvalue weighted by Gasteiger charge is -2.31. The molecule has 2 heterocycles. The molecule has 4 nitrogen and oxygen atoms in total. The minimum Gasteiger partial charge on any atom is -0.383 e. The molecule has 0 atom stereocenters. The number of nitrogens with zero attached hydrogens (tertiary/aromatic N) is 3. The molecular weight excluding hydrogens is 286 g/mol. The third-order valence-corrected chi connectivity index (χ3v) is 4.18. The minimum absolute atomic E-state index is 0.0587. The van der Waals surface area contributed by atoms with Gasteiger partial charge in [-0.1, -0.05) is 30.3 Å². The number of rotatable bonds is 4. The quantitative estimate of drug-likeness (QED) is 0.945. The zero-order valence-electron chi connectivity index (χ0n) is 12.4. The summed E-state index contributed by atoms with van der Waals surface area (Å²) in [6.07, 6.45) is 1.64. The van der Waals surface area contributed by atoms with E-state index in [-0.39, 0.29) is 12.8 Å². The number of alkyl halides is 2. The van der Waals surface area contributed by atoms with Crippen LogP contribution < -0.4 is 5.73 Å². The van der Waals surface area contributed by atoms with E-state index in [9.17, 15) is 8.78 Å². The van der Waals surface area contributed by atoms with E-state index in [1.54, 1.807) is 10.9 Å². The van der Waals surface area contributed by atoms with E-state index >= 15 is 0 Å². The highest BCUT2D eigenvalue weighted by Gasteiger charge is 2.33. The summed E-state index contributed by atoms with van der Waals surface area (Å²) < 4.78 is 28.0. The van der Waals surface area contributed by atoms with E-state index in [2.05, 4.69) is 5.10 Å². The summed E-state index contributed by atoms with van der Waals surface area (Å²) in [5, 5.41) is 4.32. The van der Waals surface area contributed by atoms with E-state index in [1.165, 1.54) is 0 Å². The molecule has 1 aliphatic rings. The maximum atomic E-state index is 13.1. The number of nitrogen functional groups attached to an aromatic ring is 1. The highest BCUT2D eigenvalue weighted by atomic mass is 19.3. The Morgan fingerprint density at radius 1 is 1.09 bits per heavy atom. The molecule has 6 heteroatoms. The number of likely N-dealkylation sites (tertiary alicyclic amines) is 1. The first-order valence-corrected chi connectivity index (χ1v) is 7.52. The Morgan fingerprint density at radius 3 is 2.45 bits per heavy atom. The van der Waals surface area contributed by atoms with Crippen LogP contribution in [0.15, 0.2) is 36.5 Å². The summed E-state index contributed by atoms with van der Waals surface area (Å²) in [6.45, 7) is 2.17. The summed E-state index contributed by atoms with van der Waals surface area (Å²) in [6, 6.07) is 9.85. The molecule has 0 amide bonds. The molecule has 1 aromatic carbocycles. The van der Waals surface area contributed by atoms with Crippen LogP contribution in [0.25, 0.3) is 11.1 Å². The first kappa shape index (κ1) is 15.0. The summed E-state index contributed by atoms with van der Waals surface area (Å²) >= 11 is 0. The highest BCUT2D eigenvalue weighted by molar-refractivity contribution is 5.73. The number of hydrogen-bond donors (Lipinski definition) is 1. The van der Waals surface area contributed by atoms with Gasteiger partial charge in [-0.05, 0) is 5.56 Å². The molecule has 0 saturated carbocycles. The second-order valence-electron chi connectivity index (χ2n) is 5.73. The molecule has 3 rings (SSSR count). The average molecular weight is 306 g/mol. The van der Waals surface area contributed by atoms with Crippen LogP contribution in [0.1, 0.15) is 12.8 Å². The summed E-state index contributed by atoms with van der Waals surface area (Å²) in [7, 11) is 0. The lowest BCUT2D eigenvalue weighted by atomic mass is 10.1. The molecule has 0 aliphatic carbocycles. The first-order chi connectivity index (χ1) is 10.6. The van der Waals surface area contributed by atoms with Crippen molar-refractivity contribution in [1.29, 1.82) is 0 Å². The van der Waals surface area contributed by atoms with Crippen molar-refractivity contribution in [2.45, 2.75) is 25.3 Å². The lowest BCUT2D eigenvalue weighted by Crippen LogP contribution is -2.40. The number of anilines is 1. The maximum absolute atomic E-state index is 13.1. The average Bonchev–Trinajstić information content (AvgIpc) is 2.88. The van der Waals surface area contributed by atoms with Crippen LogP contribution >= 0.6 is 0 Å². The van der Waals surface area contributed by atoms with E-state index < -0.39 is 5.92 Å². The summed E-state index contributed by atoms with van der Waals surface area (Å²) in [4.78, 5) is 2.04. The topological polar surface area (TPSA) is 47.1 Å². The zero-order valence-corrected chi connectivity index (χ0v) is 12.4. The number of benzene rings is 1. The molecule has 0 bridgehead atoms.